The molecule has 2 bridgehead atoms. The van der Waals surface area contributed by atoms with Crippen LogP contribution in [0.3, 0.4) is 0 Å². The van der Waals surface area contributed by atoms with Crippen LogP contribution in [0.1, 0.15) is 94.9 Å². The Labute approximate surface area is 358 Å². The molecular weight excluding hydrogens is 776 g/mol. The number of nitrogens with zero attached hydrogens (tertiary/aromatic N) is 4. The van der Waals surface area contributed by atoms with Gasteiger partial charge in [-0.1, -0.05) is 27.7 Å². The van der Waals surface area contributed by atoms with Crippen LogP contribution in [0.15, 0.2) is 4.99 Å². The van der Waals surface area contributed by atoms with Gasteiger partial charge in [0, 0.05) is 63.9 Å². The summed E-state index contributed by atoms with van der Waals surface area (Å²) in [4.78, 5) is 39.5. The number of aliphatic hydroxyl groups excluding tert-OH is 2. The average Bonchev–Trinajstić information content (AvgIpc) is 3.32. The lowest BCUT2D eigenvalue weighted by Crippen LogP contribution is -2.62. The fourth-order valence-corrected chi connectivity index (χ4v) is 10.9. The number of methoxy groups -OCH3 is 2. The maximum absolute atomic E-state index is 14.7. The molecule has 4 fully saturated rings. The second-order valence-corrected chi connectivity index (χ2v) is 19.4. The molecular formula is C44H78N4O12. The number of carbonyl (C=O) groups excluding carboxylic acids is 2. The SMILES string of the molecule is CC[C@H]1OC(=O)[C@H](C)[C@@H](O[C@H]2C[C@@](C)(OC)[C@@H](O)[C@H](C)O2)[C@H](C)[C@@H](O[C@@H]2O[C@H](C)C[C@H](N(C)CCN(C)C)[C@H]2O)[C@@](C)(OC)C[C@@H](C)C2=NCCN3C(=O)O[C@@]1(C)[C@H]3[C@H]2C. The Hall–Kier alpha value is -1.99. The molecule has 5 aliphatic rings. The summed E-state index contributed by atoms with van der Waals surface area (Å²) in [6.07, 6.45) is -6.16. The highest BCUT2D eigenvalue weighted by Crippen LogP contribution is 2.45. The third kappa shape index (κ3) is 9.73. The Morgan fingerprint density at radius 1 is 0.900 bits per heavy atom. The number of aliphatic hydroxyl groups is 2. The van der Waals surface area contributed by atoms with Crippen LogP contribution in [0.25, 0.3) is 0 Å². The third-order valence-corrected chi connectivity index (χ3v) is 14.6. The van der Waals surface area contributed by atoms with Gasteiger partial charge in [0.1, 0.15) is 18.3 Å². The van der Waals surface area contributed by atoms with E-state index in [4.69, 9.17) is 42.9 Å². The van der Waals surface area contributed by atoms with Crippen LogP contribution in [0.4, 0.5) is 4.79 Å². The summed E-state index contributed by atoms with van der Waals surface area (Å²) < 4.78 is 52.0. The monoisotopic (exact) mass is 855 g/mol. The molecule has 0 aromatic heterocycles. The molecule has 0 spiro atoms. The second-order valence-electron chi connectivity index (χ2n) is 19.4. The Kier molecular flexibility index (Phi) is 15.9. The van der Waals surface area contributed by atoms with Crippen molar-refractivity contribution >= 4 is 17.8 Å². The molecule has 5 heterocycles. The van der Waals surface area contributed by atoms with Gasteiger partial charge >= 0.3 is 12.1 Å². The van der Waals surface area contributed by atoms with Crippen molar-refractivity contribution in [2.24, 2.45) is 28.7 Å². The van der Waals surface area contributed by atoms with Crippen LogP contribution < -0.4 is 0 Å². The van der Waals surface area contributed by atoms with Gasteiger partial charge in [-0.2, -0.15) is 0 Å². The van der Waals surface area contributed by atoms with E-state index in [-0.39, 0.29) is 30.4 Å². The van der Waals surface area contributed by atoms with E-state index in [1.807, 2.05) is 62.7 Å². The average molecular weight is 855 g/mol. The van der Waals surface area contributed by atoms with Crippen LogP contribution in [0.2, 0.25) is 0 Å². The van der Waals surface area contributed by atoms with Gasteiger partial charge in [0.2, 0.25) is 0 Å². The van der Waals surface area contributed by atoms with Crippen molar-refractivity contribution in [3.63, 3.8) is 0 Å². The first-order chi connectivity index (χ1) is 28.0. The minimum Gasteiger partial charge on any atom is -0.458 e. The fourth-order valence-electron chi connectivity index (χ4n) is 10.9. The first kappa shape index (κ1) is 49.0. The van der Waals surface area contributed by atoms with Crippen LogP contribution >= 0.6 is 0 Å². The number of esters is 1. The van der Waals surface area contributed by atoms with Crippen molar-refractivity contribution in [3.05, 3.63) is 0 Å². The summed E-state index contributed by atoms with van der Waals surface area (Å²) in [5.41, 5.74) is -2.34. The first-order valence-corrected chi connectivity index (χ1v) is 22.2. The minimum atomic E-state index is -1.17. The summed E-state index contributed by atoms with van der Waals surface area (Å²) in [6.45, 7) is 21.6. The number of hydrogen-bond donors (Lipinski definition) is 2. The highest BCUT2D eigenvalue weighted by molar-refractivity contribution is 5.91. The number of aliphatic imine (C=N–C) groups is 1. The summed E-state index contributed by atoms with van der Waals surface area (Å²) in [6, 6.07) is -0.710. The second kappa shape index (κ2) is 19.4. The summed E-state index contributed by atoms with van der Waals surface area (Å²) >= 11 is 0. The van der Waals surface area contributed by atoms with E-state index in [0.717, 1.165) is 18.8 Å². The topological polar surface area (TPSA) is 171 Å². The van der Waals surface area contributed by atoms with Gasteiger partial charge in [-0.25, -0.2) is 4.79 Å². The Morgan fingerprint density at radius 2 is 1.57 bits per heavy atom. The molecule has 5 aliphatic heterocycles. The predicted molar refractivity (Wildman–Crippen MR) is 225 cm³/mol. The molecule has 2 N–H and O–H groups in total. The molecule has 16 heteroatoms. The number of amides is 1. The van der Waals surface area contributed by atoms with E-state index in [2.05, 4.69) is 23.6 Å². The van der Waals surface area contributed by atoms with Gasteiger partial charge in [0.05, 0.1) is 54.1 Å². The van der Waals surface area contributed by atoms with Gasteiger partial charge in [-0.15, -0.1) is 0 Å². The number of hydrogen-bond acceptors (Lipinski definition) is 15. The van der Waals surface area contributed by atoms with E-state index in [0.29, 0.717) is 32.4 Å². The molecule has 16 nitrogen and oxygen atoms in total. The number of likely N-dealkylation sites (N-methyl/N-ethyl adjacent to an activating group) is 2. The van der Waals surface area contributed by atoms with Gasteiger partial charge in [-0.05, 0) is 87.9 Å². The van der Waals surface area contributed by atoms with E-state index < -0.39 is 95.9 Å². The molecule has 0 aliphatic carbocycles. The maximum atomic E-state index is 14.7. The van der Waals surface area contributed by atoms with Gasteiger partial charge in [0.25, 0.3) is 0 Å². The zero-order valence-electron chi connectivity index (χ0n) is 39.1. The number of ether oxygens (including phenoxy) is 8. The smallest absolute Gasteiger partial charge is 0.410 e. The Bertz CT molecular complexity index is 1510. The summed E-state index contributed by atoms with van der Waals surface area (Å²) in [5, 5.41) is 23.2. The van der Waals surface area contributed by atoms with Gasteiger partial charge in [0.15, 0.2) is 18.2 Å². The largest absolute Gasteiger partial charge is 0.458 e. The molecule has 5 rings (SSSR count). The van der Waals surface area contributed by atoms with Gasteiger partial charge in [-0.3, -0.25) is 19.6 Å². The molecule has 18 atom stereocenters. The normalized spacial score (nSPS) is 45.8. The molecule has 60 heavy (non-hydrogen) atoms. The number of cyclic esters (lactones) is 1. The number of carbonyl (C=O) groups is 2. The molecule has 0 radical (unpaired) electrons. The predicted octanol–water partition coefficient (Wildman–Crippen LogP) is 3.72. The highest BCUT2D eigenvalue weighted by Gasteiger charge is 2.61. The van der Waals surface area contributed by atoms with Crippen LogP contribution in [0, 0.1) is 23.7 Å². The Balaban J connectivity index is 1.63. The number of fused-ring (bicyclic) bond motifs is 1. The maximum Gasteiger partial charge on any atom is 0.410 e. The fraction of sp³-hybridized carbons (Fsp3) is 0.932. The van der Waals surface area contributed by atoms with Gasteiger partial charge < -0.3 is 53.0 Å². The molecule has 4 saturated heterocycles. The van der Waals surface area contributed by atoms with Crippen molar-refractivity contribution in [2.75, 3.05) is 61.5 Å². The first-order valence-electron chi connectivity index (χ1n) is 22.2. The van der Waals surface area contributed by atoms with Crippen molar-refractivity contribution in [3.8, 4) is 0 Å². The molecule has 0 saturated carbocycles. The van der Waals surface area contributed by atoms with Crippen molar-refractivity contribution in [1.29, 1.82) is 0 Å². The van der Waals surface area contributed by atoms with Crippen molar-refractivity contribution < 1.29 is 57.7 Å². The van der Waals surface area contributed by atoms with E-state index in [1.54, 1.807) is 33.0 Å². The zero-order chi connectivity index (χ0) is 44.6. The van der Waals surface area contributed by atoms with E-state index in [1.165, 1.54) is 0 Å². The van der Waals surface area contributed by atoms with Crippen LogP contribution in [-0.4, -0.2) is 188 Å². The summed E-state index contributed by atoms with van der Waals surface area (Å²) in [5.74, 6) is -2.50. The van der Waals surface area contributed by atoms with Crippen LogP contribution in [0.5, 0.6) is 0 Å². The quantitative estimate of drug-likeness (QED) is 0.289. The Morgan fingerprint density at radius 3 is 2.18 bits per heavy atom. The van der Waals surface area contributed by atoms with E-state index in [9.17, 15) is 19.8 Å². The molecule has 0 aromatic carbocycles. The lowest BCUT2D eigenvalue weighted by molar-refractivity contribution is -0.319. The minimum absolute atomic E-state index is 0.169. The zero-order valence-corrected chi connectivity index (χ0v) is 39.1. The number of rotatable bonds is 11. The van der Waals surface area contributed by atoms with E-state index >= 15 is 0 Å². The van der Waals surface area contributed by atoms with Crippen molar-refractivity contribution in [2.45, 2.75) is 179 Å². The lowest BCUT2D eigenvalue weighted by atomic mass is 9.72. The van der Waals surface area contributed by atoms with Crippen LogP contribution in [-0.2, 0) is 42.7 Å². The standard InChI is InChI=1S/C44H78N4O12/c1-16-31-44(10)36-26(4)33(45-17-18-48(36)41(52)60-44)24(2)22-43(9,54-15)38(59-40-34(49)30(21-25(3)55-40)47(13)20-19-46(11)12)27(5)35(28(6)39(51)57-31)58-32-23-42(8,53-14)37(50)29(7)56-32/h24-32,34-38,40,49-50H,16-23H2,1-15H3/t24-,25-,26+,27+,28-,29+,30+,31-,32+,34-,35+,36-,37+,38-,40+,42-,43+,44-/m1/s1. The highest BCUT2D eigenvalue weighted by atomic mass is 16.7. The lowest BCUT2D eigenvalue weighted by Gasteiger charge is -2.50. The summed E-state index contributed by atoms with van der Waals surface area (Å²) in [7, 11) is 9.25. The third-order valence-electron chi connectivity index (χ3n) is 14.6. The van der Waals surface area contributed by atoms with Crippen molar-refractivity contribution in [1.82, 2.24) is 14.7 Å². The molecule has 346 valence electrons. The molecule has 0 aromatic rings. The molecule has 1 amide bonds. The molecule has 0 unspecified atom stereocenters.